The zero-order valence-electron chi connectivity index (χ0n) is 21.4. The van der Waals surface area contributed by atoms with Crippen molar-refractivity contribution in [3.63, 3.8) is 0 Å². The topological polar surface area (TPSA) is 46.4 Å². The van der Waals surface area contributed by atoms with Gasteiger partial charge in [0, 0.05) is 22.3 Å². The first-order valence-corrected chi connectivity index (χ1v) is 12.1. The number of hydrogen-bond acceptors (Lipinski definition) is 3. The molecule has 0 saturated carbocycles. The van der Waals surface area contributed by atoms with Crippen molar-refractivity contribution in [1.82, 2.24) is 0 Å². The zero-order valence-corrected chi connectivity index (χ0v) is 21.4. The normalized spacial score (nSPS) is 18.8. The van der Waals surface area contributed by atoms with E-state index in [-0.39, 0.29) is 23.7 Å². The molecule has 0 aromatic heterocycles. The maximum absolute atomic E-state index is 16.0. The van der Waals surface area contributed by atoms with E-state index in [9.17, 15) is 9.90 Å². The van der Waals surface area contributed by atoms with E-state index in [0.29, 0.717) is 11.4 Å². The van der Waals surface area contributed by atoms with Crippen LogP contribution in [0, 0.1) is 0 Å². The van der Waals surface area contributed by atoms with Gasteiger partial charge in [0.15, 0.2) is 5.97 Å². The first-order valence-electron chi connectivity index (χ1n) is 12.1. The van der Waals surface area contributed by atoms with E-state index in [4.69, 9.17) is 0 Å². The van der Waals surface area contributed by atoms with Crippen LogP contribution in [0.15, 0.2) is 36.4 Å². The molecule has 0 N–H and O–H groups in total. The standard InChI is InChI=1S/C28H36F2N2O2/c1-15(2)19-11-9-12-20(16(3)4)23(19)31-25(29)26(30)32(27(31)28(33)34)24-21(17(5)6)13-10-14-22(24)18(7)8/h9-18,25-26H,1-8H3. The monoisotopic (exact) mass is 470 g/mol. The number of hydrogen-bond donors (Lipinski definition) is 0. The molecule has 34 heavy (non-hydrogen) atoms. The molecule has 1 heterocycles. The third kappa shape index (κ3) is 4.35. The van der Waals surface area contributed by atoms with Crippen molar-refractivity contribution in [3.8, 4) is 0 Å². The summed E-state index contributed by atoms with van der Waals surface area (Å²) in [4.78, 5) is 13.6. The number of carboxylic acid groups (broad SMARTS) is 1. The van der Waals surface area contributed by atoms with E-state index in [1.807, 2.05) is 91.8 Å². The maximum atomic E-state index is 16.0. The Labute approximate surface area is 201 Å². The second-order valence-corrected chi connectivity index (χ2v) is 10.3. The fraction of sp³-hybridized carbons (Fsp3) is 0.500. The fourth-order valence-electron chi connectivity index (χ4n) is 4.83. The number of para-hydroxylation sites is 2. The van der Waals surface area contributed by atoms with Gasteiger partial charge in [-0.05, 0) is 23.7 Å². The maximum Gasteiger partial charge on any atom is 0.311 e. The lowest BCUT2D eigenvalue weighted by molar-refractivity contribution is -0.518. The van der Waals surface area contributed by atoms with Gasteiger partial charge in [-0.25, -0.2) is 0 Å². The van der Waals surface area contributed by atoms with Crippen molar-refractivity contribution >= 4 is 23.2 Å². The SMILES string of the molecule is CC(C)c1cccc(C(C)C)c1N1C(C(=O)[O-])=[N+](c2c(C(C)C)cccc2C(C)C)C(F)C1F. The van der Waals surface area contributed by atoms with Crippen LogP contribution in [0.4, 0.5) is 20.2 Å². The number of halogens is 2. The second kappa shape index (κ2) is 9.85. The molecule has 3 rings (SSSR count). The summed E-state index contributed by atoms with van der Waals surface area (Å²) < 4.78 is 32.9. The molecule has 0 bridgehead atoms. The summed E-state index contributed by atoms with van der Waals surface area (Å²) in [6.45, 7) is 15.7. The highest BCUT2D eigenvalue weighted by atomic mass is 19.2. The number of amidine groups is 1. The Morgan fingerprint density at radius 1 is 0.794 bits per heavy atom. The van der Waals surface area contributed by atoms with Crippen molar-refractivity contribution in [2.24, 2.45) is 0 Å². The van der Waals surface area contributed by atoms with Crippen LogP contribution >= 0.6 is 0 Å². The number of anilines is 1. The summed E-state index contributed by atoms with van der Waals surface area (Å²) in [6, 6.07) is 11.2. The number of carbonyl (C=O) groups excluding carboxylic acids is 1. The van der Waals surface area contributed by atoms with Crippen molar-refractivity contribution in [3.05, 3.63) is 58.7 Å². The van der Waals surface area contributed by atoms with Crippen molar-refractivity contribution in [2.45, 2.75) is 91.7 Å². The Balaban J connectivity index is 2.46. The number of carbonyl (C=O) groups is 1. The minimum absolute atomic E-state index is 0.0230. The number of benzene rings is 2. The van der Waals surface area contributed by atoms with Gasteiger partial charge in [-0.3, -0.25) is 0 Å². The number of nitrogens with zero attached hydrogens (tertiary/aromatic N) is 2. The van der Waals surface area contributed by atoms with Gasteiger partial charge in [-0.15, -0.1) is 0 Å². The first-order chi connectivity index (χ1) is 15.9. The molecule has 184 valence electrons. The number of aliphatic carboxylic acids is 1. The average molecular weight is 471 g/mol. The summed E-state index contributed by atoms with van der Waals surface area (Å²) in [6.07, 6.45) is -4.41. The average Bonchev–Trinajstić information content (AvgIpc) is 3.02. The Kier molecular flexibility index (Phi) is 7.49. The molecule has 6 heteroatoms. The largest absolute Gasteiger partial charge is 0.538 e. The first kappa shape index (κ1) is 25.9. The van der Waals surface area contributed by atoms with Gasteiger partial charge >= 0.3 is 18.4 Å². The molecule has 0 aliphatic carbocycles. The predicted octanol–water partition coefficient (Wildman–Crippen LogP) is 6.08. The van der Waals surface area contributed by atoms with Crippen LogP contribution in [-0.2, 0) is 4.79 Å². The van der Waals surface area contributed by atoms with E-state index >= 15 is 8.78 Å². The van der Waals surface area contributed by atoms with Crippen LogP contribution in [0.2, 0.25) is 0 Å². The van der Waals surface area contributed by atoms with Gasteiger partial charge in [0.25, 0.3) is 0 Å². The summed E-state index contributed by atoms with van der Waals surface area (Å²) in [5.74, 6) is -2.19. The highest BCUT2D eigenvalue weighted by molar-refractivity contribution is 6.38. The molecule has 4 nitrogen and oxygen atoms in total. The third-order valence-electron chi connectivity index (χ3n) is 6.53. The summed E-state index contributed by atoms with van der Waals surface area (Å²) in [5, 5.41) is 12.6. The van der Waals surface area contributed by atoms with Crippen molar-refractivity contribution in [2.75, 3.05) is 4.90 Å². The molecule has 1 aliphatic heterocycles. The molecule has 2 aromatic rings. The highest BCUT2D eigenvalue weighted by Crippen LogP contribution is 2.43. The summed E-state index contributed by atoms with van der Waals surface area (Å²) >= 11 is 0. The minimum Gasteiger partial charge on any atom is -0.538 e. The number of alkyl halides is 2. The molecule has 2 atom stereocenters. The fourth-order valence-corrected chi connectivity index (χ4v) is 4.83. The molecule has 2 unspecified atom stereocenters. The summed E-state index contributed by atoms with van der Waals surface area (Å²) in [7, 11) is 0. The number of rotatable bonds is 7. The smallest absolute Gasteiger partial charge is 0.311 e. The summed E-state index contributed by atoms with van der Waals surface area (Å²) in [5.41, 5.74) is 3.89. The van der Waals surface area contributed by atoms with Crippen molar-refractivity contribution < 1.29 is 23.3 Å². The molecule has 0 amide bonds. The van der Waals surface area contributed by atoms with Crippen LogP contribution in [0.5, 0.6) is 0 Å². The highest BCUT2D eigenvalue weighted by Gasteiger charge is 2.54. The Morgan fingerprint density at radius 2 is 1.18 bits per heavy atom. The molecule has 0 saturated heterocycles. The van der Waals surface area contributed by atoms with Gasteiger partial charge in [0.2, 0.25) is 0 Å². The Morgan fingerprint density at radius 3 is 1.53 bits per heavy atom. The van der Waals surface area contributed by atoms with Gasteiger partial charge < -0.3 is 9.90 Å². The number of carboxylic acids is 1. The molecular weight excluding hydrogens is 434 g/mol. The lowest BCUT2D eigenvalue weighted by Crippen LogP contribution is -2.47. The predicted molar refractivity (Wildman–Crippen MR) is 131 cm³/mol. The molecule has 1 aliphatic rings. The van der Waals surface area contributed by atoms with Crippen molar-refractivity contribution in [1.29, 1.82) is 0 Å². The van der Waals surface area contributed by atoms with Gasteiger partial charge in [0.1, 0.15) is 11.4 Å². The third-order valence-corrected chi connectivity index (χ3v) is 6.53. The second-order valence-electron chi connectivity index (χ2n) is 10.3. The van der Waals surface area contributed by atoms with E-state index in [1.165, 1.54) is 0 Å². The van der Waals surface area contributed by atoms with Gasteiger partial charge in [-0.1, -0.05) is 91.8 Å². The quantitative estimate of drug-likeness (QED) is 0.364. The van der Waals surface area contributed by atoms with Gasteiger partial charge in [-0.2, -0.15) is 18.3 Å². The molecule has 0 fully saturated rings. The Bertz CT molecular complexity index is 1050. The van der Waals surface area contributed by atoms with Gasteiger partial charge in [0.05, 0.1) is 0 Å². The molecule has 0 spiro atoms. The van der Waals surface area contributed by atoms with E-state index < -0.39 is 24.4 Å². The van der Waals surface area contributed by atoms with E-state index in [1.54, 1.807) is 0 Å². The van der Waals surface area contributed by atoms with E-state index in [2.05, 4.69) is 0 Å². The van der Waals surface area contributed by atoms with Crippen LogP contribution in [-0.4, -0.2) is 29.0 Å². The lowest BCUT2D eigenvalue weighted by Gasteiger charge is -2.24. The Hall–Kier alpha value is -2.76. The molecule has 2 aromatic carbocycles. The van der Waals surface area contributed by atoms with Crippen LogP contribution in [0.1, 0.15) is 101 Å². The van der Waals surface area contributed by atoms with Crippen LogP contribution in [0.3, 0.4) is 0 Å². The van der Waals surface area contributed by atoms with E-state index in [0.717, 1.165) is 31.7 Å². The lowest BCUT2D eigenvalue weighted by atomic mass is 9.91. The zero-order chi connectivity index (χ0) is 25.5. The molecule has 0 radical (unpaired) electrons. The molecular formula is C28H36F2N2O2. The minimum atomic E-state index is -2.20. The van der Waals surface area contributed by atoms with Crippen LogP contribution < -0.4 is 10.0 Å². The van der Waals surface area contributed by atoms with Crippen LogP contribution in [0.25, 0.3) is 0 Å².